The first kappa shape index (κ1) is 13.1. The van der Waals surface area contributed by atoms with Crippen LogP contribution in [0.4, 0.5) is 4.39 Å². The zero-order valence-corrected chi connectivity index (χ0v) is 10.1. The number of aromatic nitrogens is 1. The normalized spacial score (nSPS) is 13.8. The monoisotopic (exact) mass is 225 g/mol. The van der Waals surface area contributed by atoms with Crippen molar-refractivity contribution in [3.63, 3.8) is 0 Å². The van der Waals surface area contributed by atoms with Crippen LogP contribution >= 0.6 is 0 Å². The van der Waals surface area contributed by atoms with Crippen molar-refractivity contribution in [2.45, 2.75) is 39.7 Å². The van der Waals surface area contributed by atoms with Crippen molar-refractivity contribution in [2.75, 3.05) is 0 Å². The molecular weight excluding hydrogens is 205 g/mol. The van der Waals surface area contributed by atoms with E-state index >= 15 is 0 Å². The molecule has 16 heavy (non-hydrogen) atoms. The highest BCUT2D eigenvalue weighted by Gasteiger charge is 2.16. The number of nitrogens with one attached hydrogen (secondary N) is 1. The Hall–Kier alpha value is -1.00. The van der Waals surface area contributed by atoms with E-state index in [0.717, 1.165) is 18.4 Å². The van der Waals surface area contributed by atoms with Gasteiger partial charge in [-0.1, -0.05) is 20.8 Å². The number of hydrogen-bond acceptors (Lipinski definition) is 3. The van der Waals surface area contributed by atoms with Gasteiger partial charge < -0.3 is 0 Å². The van der Waals surface area contributed by atoms with Crippen molar-refractivity contribution in [3.8, 4) is 0 Å². The number of hydrazine groups is 1. The Labute approximate surface area is 96.2 Å². The maximum Gasteiger partial charge on any atom is 0.141 e. The Morgan fingerprint density at radius 2 is 2.12 bits per heavy atom. The molecule has 1 unspecified atom stereocenters. The second kappa shape index (κ2) is 5.37. The average molecular weight is 225 g/mol. The summed E-state index contributed by atoms with van der Waals surface area (Å²) in [7, 11) is 0. The van der Waals surface area contributed by atoms with Gasteiger partial charge in [-0.25, -0.2) is 4.39 Å². The van der Waals surface area contributed by atoms with Crippen LogP contribution in [0.5, 0.6) is 0 Å². The molecule has 0 saturated heterocycles. The fourth-order valence-corrected chi connectivity index (χ4v) is 1.54. The summed E-state index contributed by atoms with van der Waals surface area (Å²) in [4.78, 5) is 3.83. The highest BCUT2D eigenvalue weighted by atomic mass is 19.1. The fraction of sp³-hybridized carbons (Fsp3) is 0.583. The molecule has 90 valence electrons. The van der Waals surface area contributed by atoms with E-state index in [4.69, 9.17) is 5.84 Å². The third-order valence-electron chi connectivity index (χ3n) is 2.51. The topological polar surface area (TPSA) is 50.9 Å². The van der Waals surface area contributed by atoms with Crippen LogP contribution in [-0.4, -0.2) is 4.98 Å². The molecule has 0 spiro atoms. The molecule has 4 heteroatoms. The highest BCUT2D eigenvalue weighted by Crippen LogP contribution is 2.26. The molecule has 1 aromatic rings. The van der Waals surface area contributed by atoms with E-state index in [0.29, 0.717) is 0 Å². The van der Waals surface area contributed by atoms with E-state index in [1.165, 1.54) is 12.3 Å². The summed E-state index contributed by atoms with van der Waals surface area (Å²) < 4.78 is 13.0. The lowest BCUT2D eigenvalue weighted by Crippen LogP contribution is -2.29. The fourth-order valence-electron chi connectivity index (χ4n) is 1.54. The maximum absolute atomic E-state index is 13.0. The predicted molar refractivity (Wildman–Crippen MR) is 62.9 cm³/mol. The van der Waals surface area contributed by atoms with Crippen molar-refractivity contribution in [1.82, 2.24) is 10.4 Å². The van der Waals surface area contributed by atoms with Crippen molar-refractivity contribution in [3.05, 3.63) is 29.8 Å². The van der Waals surface area contributed by atoms with Crippen molar-refractivity contribution >= 4 is 0 Å². The van der Waals surface area contributed by atoms with E-state index < -0.39 is 0 Å². The minimum absolute atomic E-state index is 0.0394. The van der Waals surface area contributed by atoms with Gasteiger partial charge in [-0.05, 0) is 29.9 Å². The van der Waals surface area contributed by atoms with Crippen LogP contribution in [0.25, 0.3) is 0 Å². The van der Waals surface area contributed by atoms with E-state index in [-0.39, 0.29) is 17.3 Å². The third-order valence-corrected chi connectivity index (χ3v) is 2.51. The molecule has 0 fully saturated rings. The first-order valence-corrected chi connectivity index (χ1v) is 5.49. The van der Waals surface area contributed by atoms with E-state index in [1.807, 2.05) is 0 Å². The molecule has 3 N–H and O–H groups in total. The van der Waals surface area contributed by atoms with Gasteiger partial charge in [0.05, 0.1) is 6.20 Å². The van der Waals surface area contributed by atoms with Gasteiger partial charge in [0.2, 0.25) is 0 Å². The van der Waals surface area contributed by atoms with Crippen LogP contribution in [0.3, 0.4) is 0 Å². The molecule has 3 nitrogen and oxygen atoms in total. The van der Waals surface area contributed by atoms with E-state index in [2.05, 4.69) is 31.2 Å². The van der Waals surface area contributed by atoms with Gasteiger partial charge in [0.25, 0.3) is 0 Å². The first-order valence-electron chi connectivity index (χ1n) is 5.49. The summed E-state index contributed by atoms with van der Waals surface area (Å²) in [5.74, 6) is 5.16. The number of rotatable bonds is 4. The number of pyridine rings is 1. The Morgan fingerprint density at radius 3 is 2.62 bits per heavy atom. The zero-order chi connectivity index (χ0) is 12.2. The molecule has 0 amide bonds. The Kier molecular flexibility index (Phi) is 4.38. The van der Waals surface area contributed by atoms with Crippen molar-refractivity contribution in [1.29, 1.82) is 0 Å². The lowest BCUT2D eigenvalue weighted by atomic mass is 9.87. The molecule has 0 bridgehead atoms. The Bertz CT molecular complexity index is 333. The van der Waals surface area contributed by atoms with Crippen molar-refractivity contribution in [2.24, 2.45) is 11.3 Å². The quantitative estimate of drug-likeness (QED) is 0.611. The maximum atomic E-state index is 13.0. The van der Waals surface area contributed by atoms with Crippen molar-refractivity contribution < 1.29 is 4.39 Å². The summed E-state index contributed by atoms with van der Waals surface area (Å²) in [5, 5.41) is 0. The molecule has 0 saturated carbocycles. The summed E-state index contributed by atoms with van der Waals surface area (Å²) in [6.07, 6.45) is 4.72. The Balaban J connectivity index is 2.68. The van der Waals surface area contributed by atoms with E-state index in [1.54, 1.807) is 6.20 Å². The number of nitrogens with two attached hydrogens (primary N) is 1. The molecule has 0 aliphatic heterocycles. The largest absolute Gasteiger partial charge is 0.271 e. The van der Waals surface area contributed by atoms with Gasteiger partial charge in [-0.15, -0.1) is 0 Å². The molecule has 1 aromatic heterocycles. The average Bonchev–Trinajstić information content (AvgIpc) is 2.17. The predicted octanol–water partition coefficient (Wildman–Crippen LogP) is 2.55. The standard InChI is InChI=1S/C12H20FN3/c1-12(2,3)5-4-11(16-14)9-6-10(13)8-15-7-9/h6-8,11,16H,4-5,14H2,1-3H3. The first-order chi connectivity index (χ1) is 7.42. The minimum Gasteiger partial charge on any atom is -0.271 e. The van der Waals surface area contributed by atoms with Crippen LogP contribution < -0.4 is 11.3 Å². The molecule has 0 aromatic carbocycles. The number of halogens is 1. The van der Waals surface area contributed by atoms with Crippen LogP contribution in [-0.2, 0) is 0 Å². The Morgan fingerprint density at radius 1 is 1.44 bits per heavy atom. The molecule has 1 heterocycles. The van der Waals surface area contributed by atoms with Gasteiger partial charge >= 0.3 is 0 Å². The van der Waals surface area contributed by atoms with Gasteiger partial charge in [0.1, 0.15) is 5.82 Å². The summed E-state index contributed by atoms with van der Waals surface area (Å²) in [5.41, 5.74) is 3.76. The number of nitrogens with zero attached hydrogens (tertiary/aromatic N) is 1. The van der Waals surface area contributed by atoms with E-state index in [9.17, 15) is 4.39 Å². The summed E-state index contributed by atoms with van der Waals surface area (Å²) >= 11 is 0. The van der Waals surface area contributed by atoms with Gasteiger partial charge in [-0.3, -0.25) is 16.3 Å². The minimum atomic E-state index is -0.325. The lowest BCUT2D eigenvalue weighted by Gasteiger charge is -2.22. The zero-order valence-electron chi connectivity index (χ0n) is 10.1. The molecular formula is C12H20FN3. The molecule has 1 rings (SSSR count). The molecule has 0 aliphatic rings. The number of hydrogen-bond donors (Lipinski definition) is 2. The van der Waals surface area contributed by atoms with Gasteiger partial charge in [-0.2, -0.15) is 0 Å². The second-order valence-corrected chi connectivity index (χ2v) is 5.26. The summed E-state index contributed by atoms with van der Waals surface area (Å²) in [6.45, 7) is 6.51. The van der Waals surface area contributed by atoms with Gasteiger partial charge in [0, 0.05) is 12.2 Å². The van der Waals surface area contributed by atoms with Gasteiger partial charge in [0.15, 0.2) is 0 Å². The molecule has 0 radical (unpaired) electrons. The SMILES string of the molecule is CC(C)(C)CCC(NN)c1cncc(F)c1. The third kappa shape index (κ3) is 4.24. The van der Waals surface area contributed by atoms with Crippen LogP contribution in [0.15, 0.2) is 18.5 Å². The highest BCUT2D eigenvalue weighted by molar-refractivity contribution is 5.14. The van der Waals surface area contributed by atoms with Crippen LogP contribution in [0.1, 0.15) is 45.2 Å². The molecule has 1 atom stereocenters. The second-order valence-electron chi connectivity index (χ2n) is 5.26. The van der Waals surface area contributed by atoms with Crippen LogP contribution in [0, 0.1) is 11.2 Å². The van der Waals surface area contributed by atoms with Crippen LogP contribution in [0.2, 0.25) is 0 Å². The smallest absolute Gasteiger partial charge is 0.141 e. The lowest BCUT2D eigenvalue weighted by molar-refractivity contribution is 0.333. The molecule has 0 aliphatic carbocycles. The summed E-state index contributed by atoms with van der Waals surface area (Å²) in [6, 6.07) is 1.43.